The molecule has 6 heteroatoms. The Morgan fingerprint density at radius 1 is 1.16 bits per heavy atom. The van der Waals surface area contributed by atoms with Crippen LogP contribution in [0.25, 0.3) is 0 Å². The Labute approximate surface area is 123 Å². The van der Waals surface area contributed by atoms with Crippen molar-refractivity contribution in [2.24, 2.45) is 0 Å². The van der Waals surface area contributed by atoms with Crippen LogP contribution >= 0.6 is 22.6 Å². The van der Waals surface area contributed by atoms with E-state index >= 15 is 0 Å². The van der Waals surface area contributed by atoms with Gasteiger partial charge >= 0.3 is 5.97 Å². The van der Waals surface area contributed by atoms with Crippen molar-refractivity contribution >= 4 is 46.1 Å². The van der Waals surface area contributed by atoms with Gasteiger partial charge in [-0.1, -0.05) is 0 Å². The maximum atomic E-state index is 12.0. The van der Waals surface area contributed by atoms with E-state index in [1.807, 2.05) is 22.6 Å². The summed E-state index contributed by atoms with van der Waals surface area (Å²) in [4.78, 5) is 36.0. The largest absolute Gasteiger partial charge is 0.478 e. The lowest BCUT2D eigenvalue weighted by atomic mass is 10.2. The second kappa shape index (κ2) is 4.76. The third-order valence-electron chi connectivity index (χ3n) is 3.05. The summed E-state index contributed by atoms with van der Waals surface area (Å²) in [6.07, 6.45) is 0. The molecule has 0 aromatic heterocycles. The molecular formula is C13H10INO4. The highest BCUT2D eigenvalue weighted by molar-refractivity contribution is 14.1. The van der Waals surface area contributed by atoms with E-state index in [0.29, 0.717) is 20.4 Å². The Morgan fingerprint density at radius 2 is 1.68 bits per heavy atom. The summed E-state index contributed by atoms with van der Waals surface area (Å²) < 4.78 is 0.477. The van der Waals surface area contributed by atoms with Gasteiger partial charge in [0, 0.05) is 14.7 Å². The van der Waals surface area contributed by atoms with Crippen LogP contribution in [-0.2, 0) is 9.59 Å². The first-order chi connectivity index (χ1) is 8.84. The van der Waals surface area contributed by atoms with E-state index < -0.39 is 5.97 Å². The van der Waals surface area contributed by atoms with E-state index in [-0.39, 0.29) is 17.4 Å². The number of anilines is 1. The number of amides is 2. The molecule has 1 heterocycles. The third kappa shape index (κ3) is 2.16. The molecule has 0 radical (unpaired) electrons. The number of carboxylic acid groups (broad SMARTS) is 1. The van der Waals surface area contributed by atoms with Gasteiger partial charge in [0.05, 0.1) is 11.3 Å². The standard InChI is InChI=1S/C13H10INO4/c1-6-7(2)12(17)15(11(6)16)8-3-4-9(13(18)19)10(14)5-8/h3-5H,1-2H3,(H,18,19). The Balaban J connectivity index is 2.46. The molecule has 0 saturated carbocycles. The van der Waals surface area contributed by atoms with Crippen molar-refractivity contribution in [1.29, 1.82) is 0 Å². The lowest BCUT2D eigenvalue weighted by Crippen LogP contribution is -2.31. The van der Waals surface area contributed by atoms with Gasteiger partial charge in [-0.2, -0.15) is 0 Å². The van der Waals surface area contributed by atoms with E-state index in [2.05, 4.69) is 0 Å². The number of nitrogens with zero attached hydrogens (tertiary/aromatic N) is 1. The average Bonchev–Trinajstić information content (AvgIpc) is 2.53. The molecule has 0 saturated heterocycles. The SMILES string of the molecule is CC1=C(C)C(=O)N(c2ccc(C(=O)O)c(I)c2)C1=O. The number of aromatic carboxylic acids is 1. The van der Waals surface area contributed by atoms with Crippen molar-refractivity contribution in [2.45, 2.75) is 13.8 Å². The molecule has 0 aliphatic carbocycles. The second-order valence-corrected chi connectivity index (χ2v) is 5.33. The Hall–Kier alpha value is -1.70. The van der Waals surface area contributed by atoms with E-state index in [0.717, 1.165) is 4.90 Å². The zero-order chi connectivity index (χ0) is 14.3. The first-order valence-corrected chi connectivity index (χ1v) is 6.51. The normalized spacial score (nSPS) is 15.4. The summed E-state index contributed by atoms with van der Waals surface area (Å²) in [5.41, 5.74) is 1.37. The second-order valence-electron chi connectivity index (χ2n) is 4.17. The van der Waals surface area contributed by atoms with Crippen LogP contribution in [0.1, 0.15) is 24.2 Å². The zero-order valence-electron chi connectivity index (χ0n) is 10.2. The van der Waals surface area contributed by atoms with Crippen molar-refractivity contribution in [2.75, 3.05) is 4.90 Å². The van der Waals surface area contributed by atoms with Crippen LogP contribution in [0.4, 0.5) is 5.69 Å². The molecule has 1 aliphatic heterocycles. The maximum Gasteiger partial charge on any atom is 0.336 e. The first kappa shape index (κ1) is 13.7. The smallest absolute Gasteiger partial charge is 0.336 e. The van der Waals surface area contributed by atoms with Gasteiger partial charge in [-0.3, -0.25) is 9.59 Å². The third-order valence-corrected chi connectivity index (χ3v) is 3.94. The van der Waals surface area contributed by atoms with Gasteiger partial charge in [-0.25, -0.2) is 9.69 Å². The van der Waals surface area contributed by atoms with Crippen molar-refractivity contribution in [3.8, 4) is 0 Å². The molecule has 19 heavy (non-hydrogen) atoms. The monoisotopic (exact) mass is 371 g/mol. The molecule has 2 rings (SSSR count). The number of carbonyl (C=O) groups excluding carboxylic acids is 2. The van der Waals surface area contributed by atoms with Gasteiger partial charge in [-0.15, -0.1) is 0 Å². The number of imide groups is 1. The van der Waals surface area contributed by atoms with Crippen LogP contribution in [0, 0.1) is 3.57 Å². The summed E-state index contributed by atoms with van der Waals surface area (Å²) in [7, 11) is 0. The van der Waals surface area contributed by atoms with Gasteiger partial charge in [0.25, 0.3) is 11.8 Å². The van der Waals surface area contributed by atoms with Crippen molar-refractivity contribution in [3.05, 3.63) is 38.5 Å². The summed E-state index contributed by atoms with van der Waals surface area (Å²) >= 11 is 1.87. The number of benzene rings is 1. The number of carboxylic acids is 1. The van der Waals surface area contributed by atoms with Crippen LogP contribution in [0.15, 0.2) is 29.3 Å². The van der Waals surface area contributed by atoms with E-state index in [1.54, 1.807) is 13.8 Å². The highest BCUT2D eigenvalue weighted by atomic mass is 127. The minimum atomic E-state index is -1.04. The predicted octanol–water partition coefficient (Wildman–Crippen LogP) is 2.20. The van der Waals surface area contributed by atoms with Gasteiger partial charge < -0.3 is 5.11 Å². The molecule has 5 nitrogen and oxygen atoms in total. The van der Waals surface area contributed by atoms with E-state index in [4.69, 9.17) is 5.11 Å². The average molecular weight is 371 g/mol. The number of hydrogen-bond acceptors (Lipinski definition) is 3. The quantitative estimate of drug-likeness (QED) is 0.639. The summed E-state index contributed by atoms with van der Waals surface area (Å²) in [6, 6.07) is 4.38. The van der Waals surface area contributed by atoms with Crippen LogP contribution in [0.3, 0.4) is 0 Å². The van der Waals surface area contributed by atoms with E-state index in [9.17, 15) is 14.4 Å². The fourth-order valence-corrected chi connectivity index (χ4v) is 2.53. The van der Waals surface area contributed by atoms with Crippen molar-refractivity contribution in [1.82, 2.24) is 0 Å². The van der Waals surface area contributed by atoms with Gasteiger partial charge in [0.2, 0.25) is 0 Å². The molecule has 1 aromatic carbocycles. The Bertz CT molecular complexity index is 624. The molecule has 0 fully saturated rings. The van der Waals surface area contributed by atoms with Crippen LogP contribution in [0.5, 0.6) is 0 Å². The molecule has 98 valence electrons. The molecule has 0 unspecified atom stereocenters. The molecule has 1 aromatic rings. The number of rotatable bonds is 2. The number of hydrogen-bond donors (Lipinski definition) is 1. The molecule has 1 N–H and O–H groups in total. The topological polar surface area (TPSA) is 74.7 Å². The van der Waals surface area contributed by atoms with Gasteiger partial charge in [0.1, 0.15) is 0 Å². The van der Waals surface area contributed by atoms with Gasteiger partial charge in [0.15, 0.2) is 0 Å². The minimum Gasteiger partial charge on any atom is -0.478 e. The number of halogens is 1. The van der Waals surface area contributed by atoms with Gasteiger partial charge in [-0.05, 0) is 54.6 Å². The van der Waals surface area contributed by atoms with Crippen LogP contribution in [0.2, 0.25) is 0 Å². The van der Waals surface area contributed by atoms with Crippen LogP contribution < -0.4 is 4.90 Å². The Kier molecular flexibility index (Phi) is 3.44. The maximum absolute atomic E-state index is 12.0. The lowest BCUT2D eigenvalue weighted by molar-refractivity contribution is -0.120. The fraction of sp³-hybridized carbons (Fsp3) is 0.154. The molecule has 1 aliphatic rings. The van der Waals surface area contributed by atoms with Crippen LogP contribution in [-0.4, -0.2) is 22.9 Å². The summed E-state index contributed by atoms with van der Waals surface area (Å²) in [6.45, 7) is 3.21. The minimum absolute atomic E-state index is 0.143. The zero-order valence-corrected chi connectivity index (χ0v) is 12.4. The Morgan fingerprint density at radius 3 is 2.11 bits per heavy atom. The molecular weight excluding hydrogens is 361 g/mol. The molecule has 0 bridgehead atoms. The highest BCUT2D eigenvalue weighted by Crippen LogP contribution is 2.28. The molecule has 0 spiro atoms. The summed E-state index contributed by atoms with van der Waals surface area (Å²) in [5.74, 6) is -1.76. The van der Waals surface area contributed by atoms with Crippen molar-refractivity contribution in [3.63, 3.8) is 0 Å². The fourth-order valence-electron chi connectivity index (χ4n) is 1.80. The number of carbonyl (C=O) groups is 3. The highest BCUT2D eigenvalue weighted by Gasteiger charge is 2.34. The molecule has 0 atom stereocenters. The summed E-state index contributed by atoms with van der Waals surface area (Å²) in [5, 5.41) is 8.95. The lowest BCUT2D eigenvalue weighted by Gasteiger charge is -2.15. The van der Waals surface area contributed by atoms with E-state index in [1.165, 1.54) is 18.2 Å². The van der Waals surface area contributed by atoms with Crippen molar-refractivity contribution < 1.29 is 19.5 Å². The molecule has 2 amide bonds. The predicted molar refractivity (Wildman–Crippen MR) is 77.0 cm³/mol. The first-order valence-electron chi connectivity index (χ1n) is 5.43.